The third-order valence-electron chi connectivity index (χ3n) is 3.80. The van der Waals surface area contributed by atoms with E-state index in [-0.39, 0.29) is 27.1 Å². The zero-order valence-electron chi connectivity index (χ0n) is 15.1. The molecule has 0 spiro atoms. The van der Waals surface area contributed by atoms with Gasteiger partial charge in [-0.3, -0.25) is 20.2 Å². The molecule has 2 aromatic carbocycles. The molecule has 1 heterocycles. The minimum absolute atomic E-state index is 0.0334. The molecular formula is C18H12ClIN2O6S2. The molecule has 0 aliphatic carbocycles. The number of halogens is 2. The number of benzene rings is 2. The van der Waals surface area contributed by atoms with Crippen LogP contribution in [0, 0.1) is 3.57 Å². The molecule has 30 heavy (non-hydrogen) atoms. The van der Waals surface area contributed by atoms with Crippen LogP contribution in [0.1, 0.15) is 5.56 Å². The summed E-state index contributed by atoms with van der Waals surface area (Å²) in [5, 5.41) is 4.97. The second-order valence-corrected chi connectivity index (χ2v) is 9.37. The average Bonchev–Trinajstić information content (AvgIpc) is 2.66. The van der Waals surface area contributed by atoms with Gasteiger partial charge in [0.25, 0.3) is 11.8 Å². The van der Waals surface area contributed by atoms with Crippen LogP contribution in [0.5, 0.6) is 11.5 Å². The van der Waals surface area contributed by atoms with Crippen molar-refractivity contribution in [1.82, 2.24) is 10.6 Å². The smallest absolute Gasteiger partial charge is 0.339 e. The van der Waals surface area contributed by atoms with Crippen LogP contribution in [-0.4, -0.2) is 32.5 Å². The van der Waals surface area contributed by atoms with Crippen molar-refractivity contribution in [1.29, 1.82) is 0 Å². The number of nitrogens with one attached hydrogen (secondary N) is 2. The highest BCUT2D eigenvalue weighted by Gasteiger charge is 2.26. The van der Waals surface area contributed by atoms with E-state index in [0.29, 0.717) is 14.2 Å². The Kier molecular flexibility index (Phi) is 6.65. The molecule has 1 aliphatic heterocycles. The van der Waals surface area contributed by atoms with E-state index in [0.717, 1.165) is 0 Å². The zero-order chi connectivity index (χ0) is 22.1. The summed E-state index contributed by atoms with van der Waals surface area (Å²) >= 11 is 12.4. The lowest BCUT2D eigenvalue weighted by Gasteiger charge is -2.17. The van der Waals surface area contributed by atoms with Crippen LogP contribution in [0.15, 0.2) is 46.9 Å². The Balaban J connectivity index is 1.98. The lowest BCUT2D eigenvalue weighted by atomic mass is 10.1. The van der Waals surface area contributed by atoms with E-state index in [1.54, 1.807) is 0 Å². The van der Waals surface area contributed by atoms with Gasteiger partial charge in [0, 0.05) is 5.02 Å². The topological polar surface area (TPSA) is 111 Å². The van der Waals surface area contributed by atoms with Crippen molar-refractivity contribution >= 4 is 79.5 Å². The molecule has 1 aliphatic rings. The minimum Gasteiger partial charge on any atom is -0.493 e. The largest absolute Gasteiger partial charge is 0.493 e. The maximum atomic E-state index is 12.6. The Morgan fingerprint density at radius 1 is 1.10 bits per heavy atom. The van der Waals surface area contributed by atoms with Crippen molar-refractivity contribution in [3.63, 3.8) is 0 Å². The molecule has 3 rings (SSSR count). The van der Waals surface area contributed by atoms with Crippen LogP contribution in [0.3, 0.4) is 0 Å². The molecule has 2 N–H and O–H groups in total. The molecule has 2 amide bonds. The molecule has 8 nitrogen and oxygen atoms in total. The van der Waals surface area contributed by atoms with E-state index >= 15 is 0 Å². The Morgan fingerprint density at radius 2 is 1.70 bits per heavy atom. The van der Waals surface area contributed by atoms with Crippen molar-refractivity contribution in [2.75, 3.05) is 7.11 Å². The number of methoxy groups -OCH3 is 1. The number of amides is 2. The Bertz CT molecular complexity index is 1170. The molecule has 0 unspecified atom stereocenters. The third-order valence-corrected chi connectivity index (χ3v) is 6.29. The maximum Gasteiger partial charge on any atom is 0.339 e. The normalized spacial score (nSPS) is 14.1. The number of rotatable bonds is 5. The SMILES string of the molecule is COc1cc(C=C2C(=O)NC(=S)NC2=O)cc(I)c1OS(=O)(=O)c1ccc(Cl)cc1. The second-order valence-electron chi connectivity index (χ2n) is 5.82. The summed E-state index contributed by atoms with van der Waals surface area (Å²) in [5.74, 6) is -1.24. The highest BCUT2D eigenvalue weighted by atomic mass is 127. The van der Waals surface area contributed by atoms with Crippen LogP contribution >= 0.6 is 46.4 Å². The average molecular weight is 579 g/mol. The van der Waals surface area contributed by atoms with Crippen LogP contribution in [-0.2, 0) is 19.7 Å². The Morgan fingerprint density at radius 3 is 2.27 bits per heavy atom. The molecule has 0 radical (unpaired) electrons. The molecule has 1 fully saturated rings. The molecule has 0 aromatic heterocycles. The molecule has 1 saturated heterocycles. The quantitative estimate of drug-likeness (QED) is 0.185. The first kappa shape index (κ1) is 22.5. The van der Waals surface area contributed by atoms with E-state index < -0.39 is 21.9 Å². The van der Waals surface area contributed by atoms with Gasteiger partial charge < -0.3 is 8.92 Å². The number of hydrogen-bond donors (Lipinski definition) is 2. The lowest BCUT2D eigenvalue weighted by molar-refractivity contribution is -0.123. The van der Waals surface area contributed by atoms with E-state index in [4.69, 9.17) is 32.7 Å². The maximum absolute atomic E-state index is 12.6. The standard InChI is InChI=1S/C18H12ClIN2O6S2/c1-27-14-8-9(6-12-16(23)21-18(29)22-17(12)24)7-13(20)15(14)28-30(25,26)11-4-2-10(19)3-5-11/h2-8H,1H3,(H2,21,22,23,24,29). The first-order valence-corrected chi connectivity index (χ1v) is 11.3. The molecule has 156 valence electrons. The highest BCUT2D eigenvalue weighted by molar-refractivity contribution is 14.1. The van der Waals surface area contributed by atoms with Gasteiger partial charge in [-0.15, -0.1) is 0 Å². The summed E-state index contributed by atoms with van der Waals surface area (Å²) in [7, 11) is -2.81. The fourth-order valence-corrected chi connectivity index (χ4v) is 4.59. The summed E-state index contributed by atoms with van der Waals surface area (Å²) in [6.07, 6.45) is 1.33. The van der Waals surface area contributed by atoms with Gasteiger partial charge in [0.15, 0.2) is 16.6 Å². The van der Waals surface area contributed by atoms with Crippen molar-refractivity contribution in [3.8, 4) is 11.5 Å². The number of thiocarbonyl (C=S) groups is 1. The van der Waals surface area contributed by atoms with Crippen LogP contribution in [0.2, 0.25) is 5.02 Å². The van der Waals surface area contributed by atoms with Gasteiger partial charge in [0.1, 0.15) is 10.5 Å². The lowest BCUT2D eigenvalue weighted by Crippen LogP contribution is -2.51. The predicted octanol–water partition coefficient (Wildman–Crippen LogP) is 2.64. The molecular weight excluding hydrogens is 567 g/mol. The highest BCUT2D eigenvalue weighted by Crippen LogP contribution is 2.36. The minimum atomic E-state index is -4.15. The van der Waals surface area contributed by atoms with Crippen LogP contribution in [0.4, 0.5) is 0 Å². The van der Waals surface area contributed by atoms with Crippen molar-refractivity contribution in [3.05, 3.63) is 56.1 Å². The van der Waals surface area contributed by atoms with Crippen molar-refractivity contribution < 1.29 is 26.9 Å². The summed E-state index contributed by atoms with van der Waals surface area (Å²) in [6, 6.07) is 8.48. The number of hydrogen-bond acceptors (Lipinski definition) is 7. The summed E-state index contributed by atoms with van der Waals surface area (Å²) < 4.78 is 36.1. The summed E-state index contributed by atoms with van der Waals surface area (Å²) in [6.45, 7) is 0. The van der Waals surface area contributed by atoms with E-state index in [2.05, 4.69) is 10.6 Å². The van der Waals surface area contributed by atoms with Gasteiger partial charge in [0.2, 0.25) is 0 Å². The fraction of sp³-hybridized carbons (Fsp3) is 0.0556. The van der Waals surface area contributed by atoms with E-state index in [1.807, 2.05) is 22.6 Å². The van der Waals surface area contributed by atoms with E-state index in [9.17, 15) is 18.0 Å². The number of carbonyl (C=O) groups is 2. The first-order chi connectivity index (χ1) is 14.1. The Labute approximate surface area is 195 Å². The number of ether oxygens (including phenoxy) is 1. The van der Waals surface area contributed by atoms with E-state index in [1.165, 1.54) is 49.6 Å². The molecule has 0 saturated carbocycles. The Hall–Kier alpha value is -2.22. The third kappa shape index (κ3) is 4.91. The number of carbonyl (C=O) groups excluding carboxylic acids is 2. The monoisotopic (exact) mass is 578 g/mol. The van der Waals surface area contributed by atoms with Crippen molar-refractivity contribution in [2.45, 2.75) is 4.90 Å². The molecule has 12 heteroatoms. The second kappa shape index (κ2) is 8.88. The molecule has 0 bridgehead atoms. The van der Waals surface area contributed by atoms with Gasteiger partial charge in [-0.1, -0.05) is 11.6 Å². The zero-order valence-corrected chi connectivity index (χ0v) is 19.6. The molecule has 2 aromatic rings. The van der Waals surface area contributed by atoms with Gasteiger partial charge in [-0.25, -0.2) is 0 Å². The van der Waals surface area contributed by atoms with Gasteiger partial charge in [-0.05, 0) is 82.8 Å². The van der Waals surface area contributed by atoms with Gasteiger partial charge in [0.05, 0.1) is 10.7 Å². The summed E-state index contributed by atoms with van der Waals surface area (Å²) in [4.78, 5) is 24.0. The summed E-state index contributed by atoms with van der Waals surface area (Å²) in [5.41, 5.74) is 0.254. The van der Waals surface area contributed by atoms with Gasteiger partial charge >= 0.3 is 10.1 Å². The van der Waals surface area contributed by atoms with Gasteiger partial charge in [-0.2, -0.15) is 8.42 Å². The predicted molar refractivity (Wildman–Crippen MR) is 122 cm³/mol. The van der Waals surface area contributed by atoms with Crippen LogP contribution in [0.25, 0.3) is 6.08 Å². The van der Waals surface area contributed by atoms with Crippen LogP contribution < -0.4 is 19.6 Å². The first-order valence-electron chi connectivity index (χ1n) is 8.06. The van der Waals surface area contributed by atoms with Crippen molar-refractivity contribution in [2.24, 2.45) is 0 Å². The molecule has 0 atom stereocenters. The fourth-order valence-electron chi connectivity index (χ4n) is 2.44.